The Bertz CT molecular complexity index is 2670. The van der Waals surface area contributed by atoms with Crippen molar-refractivity contribution in [3.63, 3.8) is 0 Å². The van der Waals surface area contributed by atoms with E-state index in [9.17, 15) is 28.8 Å². The molecule has 4 aromatic rings. The van der Waals surface area contributed by atoms with Crippen molar-refractivity contribution in [2.75, 3.05) is 64.0 Å². The Hall–Kier alpha value is -6.16. The number of rotatable bonds is 23. The molecule has 1 aromatic heterocycles. The number of H-pyrrole nitrogens is 1. The van der Waals surface area contributed by atoms with Gasteiger partial charge in [0.2, 0.25) is 11.8 Å². The van der Waals surface area contributed by atoms with Crippen LogP contribution in [0.4, 0.5) is 5.69 Å². The number of fused-ring (bicyclic) bond motifs is 1. The highest BCUT2D eigenvalue weighted by Crippen LogP contribution is 2.36. The number of aromatic nitrogens is 1. The zero-order valence-corrected chi connectivity index (χ0v) is 43.5. The molecule has 4 aliphatic rings. The fourth-order valence-corrected chi connectivity index (χ4v) is 11.1. The van der Waals surface area contributed by atoms with E-state index in [1.165, 1.54) is 44.1 Å². The molecule has 0 aliphatic carbocycles. The molecule has 8 rings (SSSR count). The maximum absolute atomic E-state index is 14.0. The summed E-state index contributed by atoms with van der Waals surface area (Å²) in [5, 5.41) is 5.31. The van der Waals surface area contributed by atoms with Crippen LogP contribution in [0.5, 0.6) is 5.75 Å². The minimum atomic E-state index is -0.996. The number of anilines is 1. The van der Waals surface area contributed by atoms with Crippen LogP contribution in [0.1, 0.15) is 149 Å². The van der Waals surface area contributed by atoms with E-state index in [0.29, 0.717) is 29.5 Å². The molecule has 73 heavy (non-hydrogen) atoms. The summed E-state index contributed by atoms with van der Waals surface area (Å²) in [6, 6.07) is 19.3. The lowest BCUT2D eigenvalue weighted by molar-refractivity contribution is -0.136. The van der Waals surface area contributed by atoms with Gasteiger partial charge in [0.05, 0.1) is 17.7 Å². The van der Waals surface area contributed by atoms with E-state index in [0.717, 1.165) is 130 Å². The number of aromatic amines is 1. The second-order valence-corrected chi connectivity index (χ2v) is 20.4. The van der Waals surface area contributed by atoms with Crippen molar-refractivity contribution in [1.82, 2.24) is 30.3 Å². The van der Waals surface area contributed by atoms with Gasteiger partial charge in [-0.2, -0.15) is 0 Å². The highest BCUT2D eigenvalue weighted by Gasteiger charge is 2.46. The van der Waals surface area contributed by atoms with Crippen molar-refractivity contribution in [3.05, 3.63) is 116 Å². The standard InChI is InChI=1S/C58H75N7O8/c1-5-64(45-24-32-72-33-25-45)50-36-44(35-47(41(50)4)54(67)59-37-48-39(2)34-40(3)60-55(48)68)43-20-18-42(19-21-43)38-63-29-27-62(28-30-63)26-13-11-9-7-6-8-10-12-14-31-73-51-17-15-16-46-53(51)58(71)65(57(46)70)49-22-23-52(66)61-56(49)69/h15-21,34-36,45,49H,5-14,22-33,37-38H2,1-4H3,(H,59,67)(H,60,68)(H,61,66,69). The Morgan fingerprint density at radius 1 is 0.781 bits per heavy atom. The van der Waals surface area contributed by atoms with Crippen molar-refractivity contribution in [1.29, 1.82) is 0 Å². The van der Waals surface area contributed by atoms with Gasteiger partial charge in [0, 0.05) is 94.0 Å². The van der Waals surface area contributed by atoms with Gasteiger partial charge < -0.3 is 29.6 Å². The number of carbonyl (C=O) groups is 5. The second-order valence-electron chi connectivity index (χ2n) is 20.4. The molecule has 3 N–H and O–H groups in total. The number of nitrogens with zero attached hydrogens (tertiary/aromatic N) is 4. The molecule has 3 saturated heterocycles. The number of ether oxygens (including phenoxy) is 2. The number of piperazine rings is 1. The van der Waals surface area contributed by atoms with Crippen LogP contribution in [0, 0.1) is 20.8 Å². The minimum Gasteiger partial charge on any atom is -0.493 e. The molecule has 3 fully saturated rings. The second kappa shape index (κ2) is 25.2. The number of imide groups is 2. The summed E-state index contributed by atoms with van der Waals surface area (Å²) in [6.45, 7) is 17.2. The summed E-state index contributed by atoms with van der Waals surface area (Å²) in [4.78, 5) is 88.7. The van der Waals surface area contributed by atoms with E-state index in [4.69, 9.17) is 9.47 Å². The van der Waals surface area contributed by atoms with Crippen LogP contribution >= 0.6 is 0 Å². The zero-order valence-electron chi connectivity index (χ0n) is 43.5. The van der Waals surface area contributed by atoms with Crippen LogP contribution in [0.15, 0.2) is 65.5 Å². The normalized spacial score (nSPS) is 17.8. The first-order chi connectivity index (χ1) is 35.4. The summed E-state index contributed by atoms with van der Waals surface area (Å²) in [5.74, 6) is -1.92. The molecule has 1 atom stereocenters. The van der Waals surface area contributed by atoms with Crippen molar-refractivity contribution >= 4 is 35.2 Å². The van der Waals surface area contributed by atoms with Gasteiger partial charge in [0.1, 0.15) is 11.8 Å². The lowest BCUT2D eigenvalue weighted by Gasteiger charge is -2.37. The van der Waals surface area contributed by atoms with Crippen LogP contribution in [-0.2, 0) is 27.4 Å². The summed E-state index contributed by atoms with van der Waals surface area (Å²) < 4.78 is 11.7. The summed E-state index contributed by atoms with van der Waals surface area (Å²) in [6.07, 6.45) is 12.4. The molecule has 15 nitrogen and oxygen atoms in total. The average molecular weight is 998 g/mol. The van der Waals surface area contributed by atoms with Gasteiger partial charge in [-0.1, -0.05) is 75.3 Å². The van der Waals surface area contributed by atoms with E-state index < -0.39 is 29.7 Å². The summed E-state index contributed by atoms with van der Waals surface area (Å²) >= 11 is 0. The van der Waals surface area contributed by atoms with Crippen LogP contribution in [-0.4, -0.2) is 120 Å². The number of amides is 5. The molecule has 15 heteroatoms. The number of benzene rings is 3. The number of unbranched alkanes of at least 4 members (excludes halogenated alkanes) is 8. The van der Waals surface area contributed by atoms with Gasteiger partial charge in [0.15, 0.2) is 0 Å². The number of aryl methyl sites for hydroxylation is 2. The maximum Gasteiger partial charge on any atom is 0.266 e. The number of pyridine rings is 1. The molecule has 0 radical (unpaired) electrons. The molecule has 5 amide bonds. The molecule has 0 saturated carbocycles. The van der Waals surface area contributed by atoms with Crippen molar-refractivity contribution < 1.29 is 33.4 Å². The van der Waals surface area contributed by atoms with E-state index in [2.05, 4.69) is 67.6 Å². The van der Waals surface area contributed by atoms with Crippen molar-refractivity contribution in [2.24, 2.45) is 0 Å². The van der Waals surface area contributed by atoms with Gasteiger partial charge >= 0.3 is 0 Å². The van der Waals surface area contributed by atoms with Gasteiger partial charge in [-0.3, -0.25) is 43.9 Å². The third kappa shape index (κ3) is 13.2. The fraction of sp³-hybridized carbons (Fsp3) is 0.517. The molecular weight excluding hydrogens is 923 g/mol. The monoisotopic (exact) mass is 998 g/mol. The van der Waals surface area contributed by atoms with Crippen LogP contribution in [0.2, 0.25) is 0 Å². The SMILES string of the molecule is CCN(c1cc(-c2ccc(CN3CCN(CCCCCCCCCCCOc4cccc5c4C(=O)N(C4CCC(=O)NC4=O)C5=O)CC3)cc2)cc(C(=O)NCc2c(C)cc(C)[nH]c2=O)c1C)C1CCOCC1. The molecule has 390 valence electrons. The quantitative estimate of drug-likeness (QED) is 0.0486. The number of hydrogen-bond donors (Lipinski definition) is 3. The number of carbonyl (C=O) groups excluding carboxylic acids is 5. The number of hydrogen-bond acceptors (Lipinski definition) is 11. The van der Waals surface area contributed by atoms with Gasteiger partial charge in [0.25, 0.3) is 23.3 Å². The van der Waals surface area contributed by atoms with Gasteiger partial charge in [-0.25, -0.2) is 0 Å². The molecule has 4 aliphatic heterocycles. The molecule has 5 heterocycles. The lowest BCUT2D eigenvalue weighted by atomic mass is 9.94. The Morgan fingerprint density at radius 2 is 1.47 bits per heavy atom. The van der Waals surface area contributed by atoms with E-state index in [1.54, 1.807) is 18.2 Å². The third-order valence-corrected chi connectivity index (χ3v) is 15.3. The lowest BCUT2D eigenvalue weighted by Crippen LogP contribution is -2.54. The highest BCUT2D eigenvalue weighted by atomic mass is 16.5. The molecular formula is C58H75N7O8. The first kappa shape index (κ1) is 53.1. The Kier molecular flexibility index (Phi) is 18.3. The molecule has 0 bridgehead atoms. The first-order valence-electron chi connectivity index (χ1n) is 26.9. The van der Waals surface area contributed by atoms with Crippen LogP contribution < -0.4 is 25.8 Å². The first-order valence-corrected chi connectivity index (χ1v) is 26.9. The van der Waals surface area contributed by atoms with Crippen LogP contribution in [0.25, 0.3) is 11.1 Å². The van der Waals surface area contributed by atoms with Crippen molar-refractivity contribution in [2.45, 2.75) is 136 Å². The Labute approximate surface area is 430 Å². The molecule has 0 spiro atoms. The number of piperidine rings is 1. The van der Waals surface area contributed by atoms with Gasteiger partial charge in [-0.15, -0.1) is 0 Å². The minimum absolute atomic E-state index is 0.0818. The Balaban J connectivity index is 0.728. The molecule has 1 unspecified atom stereocenters. The maximum atomic E-state index is 14.0. The van der Waals surface area contributed by atoms with Gasteiger partial charge in [-0.05, 0) is 124 Å². The zero-order chi connectivity index (χ0) is 51.4. The summed E-state index contributed by atoms with van der Waals surface area (Å²) in [5.41, 5.74) is 8.45. The van der Waals surface area contributed by atoms with E-state index in [-0.39, 0.29) is 42.0 Å². The highest BCUT2D eigenvalue weighted by molar-refractivity contribution is 6.24. The smallest absolute Gasteiger partial charge is 0.266 e. The van der Waals surface area contributed by atoms with Crippen molar-refractivity contribution in [3.8, 4) is 16.9 Å². The fourth-order valence-electron chi connectivity index (χ4n) is 11.1. The summed E-state index contributed by atoms with van der Waals surface area (Å²) in [7, 11) is 0. The van der Waals surface area contributed by atoms with E-state index in [1.807, 2.05) is 32.9 Å². The van der Waals surface area contributed by atoms with E-state index >= 15 is 0 Å². The number of nitrogens with one attached hydrogen (secondary N) is 3. The molecule has 3 aromatic carbocycles. The average Bonchev–Trinajstić information content (AvgIpc) is 3.64. The topological polar surface area (TPSA) is 174 Å². The largest absolute Gasteiger partial charge is 0.493 e. The Morgan fingerprint density at radius 3 is 2.15 bits per heavy atom. The third-order valence-electron chi connectivity index (χ3n) is 15.3. The van der Waals surface area contributed by atoms with Crippen LogP contribution in [0.3, 0.4) is 0 Å². The predicted molar refractivity (Wildman–Crippen MR) is 283 cm³/mol. The predicted octanol–water partition coefficient (Wildman–Crippen LogP) is 8.01.